The molecule has 3 aliphatic heterocycles. The Kier molecular flexibility index (Phi) is 36.9. The van der Waals surface area contributed by atoms with Crippen LogP contribution in [0.4, 0.5) is 25.0 Å². The van der Waals surface area contributed by atoms with Crippen LogP contribution in [0, 0.1) is 28.6 Å². The molecule has 36 heteroatoms. The molecule has 714 valence electrons. The second-order valence-corrected chi connectivity index (χ2v) is 35.5. The molecule has 0 radical (unpaired) electrons. The quantitative estimate of drug-likeness (QED) is 0.0304. The number of allylic oxidation sites excluding steroid dienone is 5. The van der Waals surface area contributed by atoms with Crippen LogP contribution in [-0.2, 0) is 87.6 Å². The molecule has 0 spiro atoms. The second kappa shape index (κ2) is 47.6. The number of alkyl halides is 2. The largest absolute Gasteiger partial charge is 0.486 e. The monoisotopic (exact) mass is 1820 g/mol. The van der Waals surface area contributed by atoms with Crippen molar-refractivity contribution in [2.24, 2.45) is 40.1 Å². The van der Waals surface area contributed by atoms with Gasteiger partial charge in [-0.1, -0.05) is 108 Å². The number of nitrogens with one attached hydrogen (secondary N) is 8. The lowest BCUT2D eigenvalue weighted by Crippen LogP contribution is -2.71. The van der Waals surface area contributed by atoms with Gasteiger partial charge in [-0.05, 0) is 161 Å². The van der Waals surface area contributed by atoms with E-state index >= 15 is 13.6 Å². The lowest BCUT2D eigenvalue weighted by atomic mass is 9.44. The third-order valence-corrected chi connectivity index (χ3v) is 26.2. The third kappa shape index (κ3) is 25.2. The molecule has 0 aromatic heterocycles. The van der Waals surface area contributed by atoms with Crippen LogP contribution in [0.25, 0.3) is 12.2 Å². The van der Waals surface area contributed by atoms with E-state index < -0.39 is 167 Å². The molecule has 11 rings (SSSR count). The van der Waals surface area contributed by atoms with Gasteiger partial charge in [-0.3, -0.25) is 43.2 Å². The van der Waals surface area contributed by atoms with Gasteiger partial charge in [0.2, 0.25) is 47.1 Å². The first-order valence-corrected chi connectivity index (χ1v) is 45.7. The maximum Gasteiger partial charge on any atom is 0.312 e. The topological polar surface area (TPSA) is 486 Å². The second-order valence-electron chi connectivity index (χ2n) is 35.5. The number of carbonyl (C=O) groups excluding carboxylic acids is 10. The van der Waals surface area contributed by atoms with Crippen LogP contribution < -0.4 is 63.6 Å². The SMILES string of the molecule is CCCC1O[C@@H]2C[C@H]3[C@@H]4C[C@H](F)C5=CC(=O)C=C[C@]5(C)[C@@]4(F)[C@@H](O)C[C@]3(C)[C@]2(C(=O)COc2ccc(NC(=O)[C@H](CCCNC(N)=O)NC(=O)[C@@H](NC(=O)[C@@H](CCCCNC(=O)COC3CCCCC/C(N[C@H]4O[C@H](CO)C[C@H](O)[C@H]4O)=C\3N)NC(=O)CCOCCOCCOCCOCCNC(=O)CCC(=O)N3Cc4ccccc4/C=C\c4ccccc43)C(C)C)cc2)O1. The van der Waals surface area contributed by atoms with Crippen molar-refractivity contribution in [3.63, 3.8) is 0 Å². The molecule has 130 heavy (non-hydrogen) atoms. The Morgan fingerprint density at radius 1 is 0.685 bits per heavy atom. The highest BCUT2D eigenvalue weighted by Gasteiger charge is 2.80. The summed E-state index contributed by atoms with van der Waals surface area (Å²) in [4.78, 5) is 138. The number of primary amides is 1. The van der Waals surface area contributed by atoms with Gasteiger partial charge in [0, 0.05) is 73.4 Å². The van der Waals surface area contributed by atoms with E-state index in [2.05, 4.69) is 42.5 Å². The number of fused-ring (bicyclic) bond motifs is 9. The number of ketones is 2. The molecule has 5 aliphatic carbocycles. The van der Waals surface area contributed by atoms with Crippen molar-refractivity contribution in [2.45, 2.75) is 248 Å². The van der Waals surface area contributed by atoms with Crippen LogP contribution in [0.5, 0.6) is 5.75 Å². The zero-order valence-electron chi connectivity index (χ0n) is 74.9. The summed E-state index contributed by atoms with van der Waals surface area (Å²) in [6.07, 6.45) is 2.24. The number of aliphatic hydroxyl groups excluding tert-OH is 4. The lowest BCUT2D eigenvalue weighted by Gasteiger charge is -2.63. The molecule has 2 saturated heterocycles. The van der Waals surface area contributed by atoms with Crippen LogP contribution in [0.3, 0.4) is 0 Å². The van der Waals surface area contributed by atoms with Gasteiger partial charge in [0.05, 0.1) is 108 Å². The number of carbonyl (C=O) groups is 10. The van der Waals surface area contributed by atoms with Crippen molar-refractivity contribution in [1.82, 2.24) is 37.2 Å². The zero-order chi connectivity index (χ0) is 93.3. The number of benzene rings is 3. The van der Waals surface area contributed by atoms with E-state index in [9.17, 15) is 63.6 Å². The van der Waals surface area contributed by atoms with Crippen molar-refractivity contribution in [1.29, 1.82) is 0 Å². The zero-order valence-corrected chi connectivity index (χ0v) is 74.9. The summed E-state index contributed by atoms with van der Waals surface area (Å²) in [6, 6.07) is 16.9. The summed E-state index contributed by atoms with van der Waals surface area (Å²) in [5, 5.41) is 65.4. The minimum atomic E-state index is -2.41. The lowest BCUT2D eigenvalue weighted by molar-refractivity contribution is -0.234. The van der Waals surface area contributed by atoms with E-state index in [1.165, 1.54) is 43.3 Å². The number of unbranched alkanes of at least 4 members (excludes halogenated alkanes) is 1. The van der Waals surface area contributed by atoms with Crippen LogP contribution in [0.2, 0.25) is 0 Å². The van der Waals surface area contributed by atoms with E-state index in [4.69, 9.17) is 54.1 Å². The predicted molar refractivity (Wildman–Crippen MR) is 474 cm³/mol. The van der Waals surface area contributed by atoms with Gasteiger partial charge in [-0.25, -0.2) is 13.6 Å². The van der Waals surface area contributed by atoms with E-state index in [0.29, 0.717) is 50.0 Å². The van der Waals surface area contributed by atoms with Crippen molar-refractivity contribution in [3.8, 4) is 5.75 Å². The van der Waals surface area contributed by atoms with Gasteiger partial charge in [0.25, 0.3) is 0 Å². The molecule has 8 aliphatic rings. The fourth-order valence-electron chi connectivity index (χ4n) is 19.3. The standard InChI is InChI=1S/C94H131F2N11O23/c1-6-17-82-129-77-51-65-66-50-68(95)67-48-62(109)34-36-91(67,4)93(66,96)75(111)52-92(65,5)94(77,130-82)76(112)55-126-63-30-28-61(29-31-63)102-86(118)71(23-16-38-101-90(98)121)104-88(120)84(57(2)3)106-87(119)70(22-14-15-37-99-80(115)56-127-74-25-9-7-8-21-69(83(74)97)105-89-85(117)73(110)49-64(54-108)128-89)103-79(114)35-40-122-42-44-124-46-47-125-45-43-123-41-39-100-78(113)32-33-81(116)107-53-60-20-11-10-18-58(60)26-27-59-19-12-13-24-72(59)107/h10-13,18-20,24,26-31,34,36,48,57,64-66,68,70-71,73-75,77,82,84-85,89,105,108,110-111,117H,6-9,14-17,21-23,25,32-33,35,37-47,49-56,97H2,1-5H3,(H,99,115)(H,100,113)(H,102,118)(H,103,114)(H,104,120)(H,106,119)(H3,98,101,121)/b27-26-,83-69-/t64-,65-,66-,68-,70+,71-,73-,74?,75-,77+,82?,84-,85+,89-,91-,92-,93-,94+/m0/s1. The number of hydrogen-bond acceptors (Lipinski definition) is 25. The number of para-hydroxylation sites is 1. The number of nitrogens with zero attached hydrogens (tertiary/aromatic N) is 1. The summed E-state index contributed by atoms with van der Waals surface area (Å²) in [5.74, 6) is -6.89. The van der Waals surface area contributed by atoms with E-state index in [1.807, 2.05) is 67.6 Å². The van der Waals surface area contributed by atoms with Gasteiger partial charge in [0.1, 0.15) is 49.4 Å². The van der Waals surface area contributed by atoms with Gasteiger partial charge < -0.3 is 122 Å². The average molecular weight is 1820 g/mol. The summed E-state index contributed by atoms with van der Waals surface area (Å²) >= 11 is 0. The van der Waals surface area contributed by atoms with Gasteiger partial charge in [-0.15, -0.1) is 0 Å². The Morgan fingerprint density at radius 3 is 2.08 bits per heavy atom. The minimum absolute atomic E-state index is 0.0146. The molecular formula is C94H131F2N11O23. The van der Waals surface area contributed by atoms with E-state index in [1.54, 1.807) is 25.7 Å². The molecule has 3 saturated carbocycles. The van der Waals surface area contributed by atoms with Crippen LogP contribution >= 0.6 is 0 Å². The van der Waals surface area contributed by atoms with Crippen molar-refractivity contribution in [3.05, 3.63) is 125 Å². The Labute approximate surface area is 756 Å². The van der Waals surface area contributed by atoms with E-state index in [0.717, 1.165) is 47.7 Å². The first kappa shape index (κ1) is 101. The van der Waals surface area contributed by atoms with Gasteiger partial charge >= 0.3 is 6.03 Å². The molecule has 3 aromatic rings. The first-order chi connectivity index (χ1) is 62.4. The minimum Gasteiger partial charge on any atom is -0.486 e. The summed E-state index contributed by atoms with van der Waals surface area (Å²) in [6.45, 7) is 9.45. The number of Topliss-reactive ketones (excluding diaryl/α,β-unsaturated/α-hetero) is 1. The van der Waals surface area contributed by atoms with Crippen LogP contribution in [0.1, 0.15) is 173 Å². The highest BCUT2D eigenvalue weighted by atomic mass is 19.1. The molecule has 9 amide bonds. The number of nitrogens with two attached hydrogens (primary N) is 2. The average Bonchev–Trinajstić information content (AvgIpc) is 1.58. The molecule has 0 bridgehead atoms. The number of urea groups is 1. The number of ether oxygens (including phenoxy) is 9. The van der Waals surface area contributed by atoms with Crippen LogP contribution in [0.15, 0.2) is 108 Å². The summed E-state index contributed by atoms with van der Waals surface area (Å²) in [7, 11) is 0. The maximum absolute atomic E-state index is 18.2. The summed E-state index contributed by atoms with van der Waals surface area (Å²) < 4.78 is 88.4. The number of amides is 9. The third-order valence-electron chi connectivity index (χ3n) is 26.2. The normalized spacial score (nSPS) is 28.2. The van der Waals surface area contributed by atoms with Crippen LogP contribution in [-0.4, -0.2) is 256 Å². The number of halogens is 2. The smallest absolute Gasteiger partial charge is 0.312 e. The Balaban J connectivity index is 0.649. The first-order valence-electron chi connectivity index (χ1n) is 45.7. The molecule has 34 nitrogen and oxygen atoms in total. The fraction of sp³-hybridized carbons (Fsp3) is 0.617. The molecule has 3 heterocycles. The number of anilines is 2. The molecular weight excluding hydrogens is 1690 g/mol. The maximum atomic E-state index is 18.2. The highest BCUT2D eigenvalue weighted by molar-refractivity contribution is 6.02. The number of aliphatic hydroxyl groups is 4. The summed E-state index contributed by atoms with van der Waals surface area (Å²) in [5.41, 5.74) is 9.72. The number of hydrogen-bond donors (Lipinski definition) is 14. The highest BCUT2D eigenvalue weighted by Crippen LogP contribution is 2.72. The van der Waals surface area contributed by atoms with Gasteiger partial charge in [0.15, 0.2) is 29.6 Å². The Hall–Kier alpha value is -9.70. The number of rotatable bonds is 47. The predicted octanol–water partition coefficient (Wildman–Crippen LogP) is 5.64. The molecule has 5 fully saturated rings. The molecule has 2 unspecified atom stereocenters. The Morgan fingerprint density at radius 2 is 1.36 bits per heavy atom. The van der Waals surface area contributed by atoms with Crippen molar-refractivity contribution < 1.29 is 120 Å². The molecule has 3 aromatic carbocycles. The molecule has 18 atom stereocenters. The van der Waals surface area contributed by atoms with E-state index in [-0.39, 0.29) is 185 Å². The van der Waals surface area contributed by atoms with Crippen molar-refractivity contribution >= 4 is 82.5 Å². The fourth-order valence-corrected chi connectivity index (χ4v) is 19.3. The molecule has 16 N–H and O–H groups in total. The van der Waals surface area contributed by atoms with Gasteiger partial charge in [-0.2, -0.15) is 0 Å². The van der Waals surface area contributed by atoms with Crippen molar-refractivity contribution in [2.75, 3.05) is 103 Å². The Bertz CT molecular complexity index is 4520.